The smallest absolute Gasteiger partial charge is 0.289 e. The van der Waals surface area contributed by atoms with E-state index in [-0.39, 0.29) is 23.6 Å². The second-order valence-electron chi connectivity index (χ2n) is 7.85. The quantitative estimate of drug-likeness (QED) is 0.759. The van der Waals surface area contributed by atoms with Crippen LogP contribution < -0.4 is 15.0 Å². The standard InChI is InChI=1S/C18H28N4O5S/c1-6-7-19-17(23)15-20-14(18(3,4)28(5,24)25)13-16(21-15)22-11(2)8-26-9-12(22)10-27-13/h11-12H,6-10H2,1-5H3,(H,19,23)/t11-,12+/m1/s1. The van der Waals surface area contributed by atoms with E-state index in [0.717, 1.165) is 12.7 Å². The third-order valence-corrected chi connectivity index (χ3v) is 7.33. The van der Waals surface area contributed by atoms with Crippen molar-refractivity contribution < 1.29 is 22.7 Å². The highest BCUT2D eigenvalue weighted by molar-refractivity contribution is 7.91. The number of rotatable bonds is 5. The summed E-state index contributed by atoms with van der Waals surface area (Å²) < 4.78 is 35.2. The normalized spacial score (nSPS) is 22.1. The van der Waals surface area contributed by atoms with Crippen molar-refractivity contribution in [3.63, 3.8) is 0 Å². The summed E-state index contributed by atoms with van der Waals surface area (Å²) in [5.41, 5.74) is 0.207. The number of amides is 1. The molecule has 2 aliphatic heterocycles. The molecule has 1 aromatic rings. The molecule has 1 saturated heterocycles. The van der Waals surface area contributed by atoms with Gasteiger partial charge >= 0.3 is 0 Å². The molecule has 3 heterocycles. The van der Waals surface area contributed by atoms with E-state index in [9.17, 15) is 13.2 Å². The van der Waals surface area contributed by atoms with Crippen LogP contribution in [0.1, 0.15) is 50.4 Å². The van der Waals surface area contributed by atoms with E-state index in [2.05, 4.69) is 20.2 Å². The summed E-state index contributed by atoms with van der Waals surface area (Å²) >= 11 is 0. The molecule has 0 aromatic carbocycles. The number of nitrogens with one attached hydrogen (secondary N) is 1. The lowest BCUT2D eigenvalue weighted by Crippen LogP contribution is -2.56. The van der Waals surface area contributed by atoms with Crippen molar-refractivity contribution in [2.75, 3.05) is 37.5 Å². The lowest BCUT2D eigenvalue weighted by molar-refractivity contribution is 0.0481. The van der Waals surface area contributed by atoms with Crippen LogP contribution in [0.5, 0.6) is 5.75 Å². The maximum absolute atomic E-state index is 12.6. The lowest BCUT2D eigenvalue weighted by atomic mass is 10.0. The van der Waals surface area contributed by atoms with Gasteiger partial charge in [-0.05, 0) is 27.2 Å². The summed E-state index contributed by atoms with van der Waals surface area (Å²) in [6.07, 6.45) is 1.92. The van der Waals surface area contributed by atoms with Crippen LogP contribution in [0.25, 0.3) is 0 Å². The molecule has 28 heavy (non-hydrogen) atoms. The maximum Gasteiger partial charge on any atom is 0.289 e. The number of morpholine rings is 1. The molecular weight excluding hydrogens is 384 g/mol. The number of nitrogens with zero attached hydrogens (tertiary/aromatic N) is 3. The van der Waals surface area contributed by atoms with Gasteiger partial charge in [-0.25, -0.2) is 18.4 Å². The number of ether oxygens (including phenoxy) is 2. The SMILES string of the molecule is CCCNC(=O)c1nc2c(c(C(C)(C)S(C)(=O)=O)n1)OC[C@@H]1COC[C@@H](C)N21. The topological polar surface area (TPSA) is 111 Å². The zero-order valence-electron chi connectivity index (χ0n) is 17.0. The minimum atomic E-state index is -3.54. The molecular formula is C18H28N4O5S. The van der Waals surface area contributed by atoms with Crippen LogP contribution in [0.4, 0.5) is 5.82 Å². The summed E-state index contributed by atoms with van der Waals surface area (Å²) in [5, 5.41) is 2.76. The van der Waals surface area contributed by atoms with Gasteiger partial charge in [-0.2, -0.15) is 0 Å². The molecule has 1 aromatic heterocycles. The minimum absolute atomic E-state index is 0.0112. The Morgan fingerprint density at radius 1 is 1.29 bits per heavy atom. The Kier molecular flexibility index (Phi) is 5.55. The molecule has 1 amide bonds. The van der Waals surface area contributed by atoms with Gasteiger partial charge in [0.05, 0.1) is 25.3 Å². The molecule has 0 spiro atoms. The van der Waals surface area contributed by atoms with E-state index in [1.54, 1.807) is 13.8 Å². The first-order valence-electron chi connectivity index (χ1n) is 9.47. The zero-order valence-corrected chi connectivity index (χ0v) is 17.8. The van der Waals surface area contributed by atoms with Gasteiger partial charge in [-0.15, -0.1) is 0 Å². The van der Waals surface area contributed by atoms with Gasteiger partial charge in [0.15, 0.2) is 21.4 Å². The van der Waals surface area contributed by atoms with E-state index in [1.165, 1.54) is 0 Å². The lowest BCUT2D eigenvalue weighted by Gasteiger charge is -2.45. The van der Waals surface area contributed by atoms with Crippen LogP contribution in [0.3, 0.4) is 0 Å². The van der Waals surface area contributed by atoms with Crippen LogP contribution >= 0.6 is 0 Å². The van der Waals surface area contributed by atoms with Gasteiger partial charge in [-0.3, -0.25) is 4.79 Å². The molecule has 0 saturated carbocycles. The number of carbonyl (C=O) groups excluding carboxylic acids is 1. The van der Waals surface area contributed by atoms with E-state index in [0.29, 0.717) is 37.9 Å². The highest BCUT2D eigenvalue weighted by atomic mass is 32.2. The van der Waals surface area contributed by atoms with Gasteiger partial charge in [0.1, 0.15) is 17.0 Å². The van der Waals surface area contributed by atoms with Crippen molar-refractivity contribution in [2.45, 2.75) is 50.9 Å². The van der Waals surface area contributed by atoms with Crippen LogP contribution in [-0.4, -0.2) is 69.0 Å². The second-order valence-corrected chi connectivity index (χ2v) is 10.4. The fourth-order valence-corrected chi connectivity index (χ4v) is 3.82. The summed E-state index contributed by atoms with van der Waals surface area (Å²) in [5.74, 6) is 0.294. The third-order valence-electron chi connectivity index (χ3n) is 5.29. The molecule has 156 valence electrons. The first-order valence-corrected chi connectivity index (χ1v) is 11.4. The van der Waals surface area contributed by atoms with Crippen LogP contribution in [-0.2, 0) is 19.3 Å². The fraction of sp³-hybridized carbons (Fsp3) is 0.722. The largest absolute Gasteiger partial charge is 0.486 e. The number of carbonyl (C=O) groups is 1. The van der Waals surface area contributed by atoms with Gasteiger partial charge in [0, 0.05) is 12.8 Å². The molecule has 0 radical (unpaired) electrons. The molecule has 9 nitrogen and oxygen atoms in total. The summed E-state index contributed by atoms with van der Waals surface area (Å²) in [7, 11) is -3.54. The Labute approximate surface area is 165 Å². The molecule has 0 unspecified atom stereocenters. The predicted octanol–water partition coefficient (Wildman–Crippen LogP) is 0.882. The van der Waals surface area contributed by atoms with Gasteiger partial charge < -0.3 is 19.7 Å². The number of hydrogen-bond acceptors (Lipinski definition) is 8. The van der Waals surface area contributed by atoms with Crippen molar-refractivity contribution in [1.29, 1.82) is 0 Å². The van der Waals surface area contributed by atoms with Crippen LogP contribution in [0, 0.1) is 0 Å². The highest BCUT2D eigenvalue weighted by Crippen LogP contribution is 2.43. The first-order chi connectivity index (χ1) is 13.1. The monoisotopic (exact) mass is 412 g/mol. The highest BCUT2D eigenvalue weighted by Gasteiger charge is 2.44. The average molecular weight is 413 g/mol. The number of sulfone groups is 1. The Bertz CT molecular complexity index is 871. The third kappa shape index (κ3) is 3.55. The molecule has 2 aliphatic rings. The number of hydrogen-bond donors (Lipinski definition) is 1. The van der Waals surface area contributed by atoms with Crippen molar-refractivity contribution in [2.24, 2.45) is 0 Å². The Morgan fingerprint density at radius 3 is 2.64 bits per heavy atom. The summed E-state index contributed by atoms with van der Waals surface area (Å²) in [6.45, 7) is 8.90. The Hall–Kier alpha value is -1.94. The van der Waals surface area contributed by atoms with Crippen molar-refractivity contribution in [3.05, 3.63) is 11.5 Å². The maximum atomic E-state index is 12.6. The molecule has 2 atom stereocenters. The van der Waals surface area contributed by atoms with Crippen LogP contribution in [0.2, 0.25) is 0 Å². The van der Waals surface area contributed by atoms with Crippen LogP contribution in [0.15, 0.2) is 0 Å². The molecule has 1 N–H and O–H groups in total. The van der Waals surface area contributed by atoms with Gasteiger partial charge in [0.25, 0.3) is 5.91 Å². The van der Waals surface area contributed by atoms with Crippen molar-refractivity contribution >= 4 is 21.6 Å². The Balaban J connectivity index is 2.20. The Morgan fingerprint density at radius 2 is 2.00 bits per heavy atom. The summed E-state index contributed by atoms with van der Waals surface area (Å²) in [4.78, 5) is 23.5. The second kappa shape index (κ2) is 7.47. The first kappa shape index (κ1) is 20.8. The number of anilines is 1. The molecule has 10 heteroatoms. The minimum Gasteiger partial charge on any atom is -0.486 e. The molecule has 0 aliphatic carbocycles. The number of aromatic nitrogens is 2. The zero-order chi connectivity index (χ0) is 20.7. The molecule has 1 fully saturated rings. The van der Waals surface area contributed by atoms with Crippen molar-refractivity contribution in [3.8, 4) is 5.75 Å². The van der Waals surface area contributed by atoms with E-state index < -0.39 is 20.5 Å². The van der Waals surface area contributed by atoms with E-state index in [4.69, 9.17) is 9.47 Å². The van der Waals surface area contributed by atoms with Gasteiger partial charge in [0.2, 0.25) is 5.82 Å². The fourth-order valence-electron chi connectivity index (χ4n) is 3.33. The van der Waals surface area contributed by atoms with Crippen molar-refractivity contribution in [1.82, 2.24) is 15.3 Å². The number of fused-ring (bicyclic) bond motifs is 3. The molecule has 0 bridgehead atoms. The van der Waals surface area contributed by atoms with Gasteiger partial charge in [-0.1, -0.05) is 6.92 Å². The summed E-state index contributed by atoms with van der Waals surface area (Å²) in [6, 6.07) is -0.0380. The van der Waals surface area contributed by atoms with E-state index >= 15 is 0 Å². The molecule has 3 rings (SSSR count). The average Bonchev–Trinajstić information content (AvgIpc) is 2.63. The predicted molar refractivity (Wildman–Crippen MR) is 105 cm³/mol. The van der Waals surface area contributed by atoms with E-state index in [1.807, 2.05) is 13.8 Å².